The molecule has 0 bridgehead atoms. The summed E-state index contributed by atoms with van der Waals surface area (Å²) in [6.45, 7) is -2.13. The number of hydrogen-bond donors (Lipinski definition) is 0. The van der Waals surface area contributed by atoms with Crippen LogP contribution in [0.25, 0.3) is 0 Å². The van der Waals surface area contributed by atoms with Crippen LogP contribution in [0.15, 0.2) is 18.2 Å². The molecule has 0 aromatic heterocycles. The number of hydrogen-bond acceptors (Lipinski definition) is 3. The lowest BCUT2D eigenvalue weighted by Crippen LogP contribution is -2.38. The first-order valence-electron chi connectivity index (χ1n) is 5.36. The van der Waals surface area contributed by atoms with Crippen LogP contribution in [-0.2, 0) is 4.79 Å². The number of benzene rings is 1. The van der Waals surface area contributed by atoms with Crippen LogP contribution in [0.1, 0.15) is 5.56 Å². The van der Waals surface area contributed by atoms with Gasteiger partial charge in [0.25, 0.3) is 5.91 Å². The topological polar surface area (TPSA) is 53.3 Å². The van der Waals surface area contributed by atoms with E-state index in [0.29, 0.717) is 4.90 Å². The lowest BCUT2D eigenvalue weighted by molar-refractivity contribution is -0.159. The van der Waals surface area contributed by atoms with Gasteiger partial charge in [-0.2, -0.15) is 18.4 Å². The average molecular weight is 290 g/mol. The molecule has 0 saturated carbocycles. The number of amides is 1. The fourth-order valence-electron chi connectivity index (χ4n) is 1.34. The van der Waals surface area contributed by atoms with Crippen molar-refractivity contribution in [3.05, 3.63) is 29.6 Å². The molecule has 0 heterocycles. The monoisotopic (exact) mass is 290 g/mol. The first-order chi connectivity index (χ1) is 9.24. The van der Waals surface area contributed by atoms with E-state index in [1.807, 2.05) is 0 Å². The second kappa shape index (κ2) is 6.23. The normalized spacial score (nSPS) is 10.8. The van der Waals surface area contributed by atoms with Crippen molar-refractivity contribution >= 4 is 5.91 Å². The Morgan fingerprint density at radius 1 is 1.45 bits per heavy atom. The fraction of sp³-hybridized carbons (Fsp3) is 0.333. The molecule has 4 nitrogen and oxygen atoms in total. The molecule has 0 aliphatic heterocycles. The van der Waals surface area contributed by atoms with E-state index < -0.39 is 36.6 Å². The number of likely N-dealkylation sites (N-methyl/N-ethyl adjacent to an activating group) is 1. The van der Waals surface area contributed by atoms with Gasteiger partial charge < -0.3 is 9.64 Å². The van der Waals surface area contributed by atoms with Crippen LogP contribution >= 0.6 is 0 Å². The molecule has 1 amide bonds. The molecule has 1 aromatic carbocycles. The zero-order valence-electron chi connectivity index (χ0n) is 10.4. The number of rotatable bonds is 4. The molecule has 0 spiro atoms. The van der Waals surface area contributed by atoms with Gasteiger partial charge in [-0.3, -0.25) is 4.79 Å². The number of halogens is 4. The van der Waals surface area contributed by atoms with Crippen molar-refractivity contribution in [2.45, 2.75) is 6.18 Å². The smallest absolute Gasteiger partial charge is 0.406 e. The highest BCUT2D eigenvalue weighted by atomic mass is 19.4. The van der Waals surface area contributed by atoms with Crippen LogP contribution in [0.5, 0.6) is 5.75 Å². The van der Waals surface area contributed by atoms with Crippen LogP contribution < -0.4 is 4.74 Å². The molecular weight excluding hydrogens is 280 g/mol. The summed E-state index contributed by atoms with van der Waals surface area (Å²) in [7, 11) is 0.968. The van der Waals surface area contributed by atoms with Gasteiger partial charge in [-0.05, 0) is 12.1 Å². The predicted octanol–water partition coefficient (Wildman–Crippen LogP) is 2.10. The number of alkyl halides is 3. The highest BCUT2D eigenvalue weighted by molar-refractivity contribution is 5.77. The standard InChI is InChI=1S/C12H10F4N2O2/c1-18(7-12(14,15)16)11(19)6-20-10-4-2-3-9(13)8(10)5-17/h2-4H,6-7H2,1H3. The van der Waals surface area contributed by atoms with E-state index in [1.165, 1.54) is 12.1 Å². The van der Waals surface area contributed by atoms with Crippen molar-refractivity contribution in [3.63, 3.8) is 0 Å². The summed E-state index contributed by atoms with van der Waals surface area (Å²) in [6.07, 6.45) is -4.51. The molecule has 0 unspecified atom stereocenters. The molecule has 108 valence electrons. The Hall–Kier alpha value is -2.30. The average Bonchev–Trinajstić information content (AvgIpc) is 2.33. The molecule has 0 radical (unpaired) electrons. The van der Waals surface area contributed by atoms with E-state index in [2.05, 4.69) is 0 Å². The minimum Gasteiger partial charge on any atom is -0.482 e. The summed E-state index contributed by atoms with van der Waals surface area (Å²) >= 11 is 0. The van der Waals surface area contributed by atoms with Gasteiger partial charge >= 0.3 is 6.18 Å². The Balaban J connectivity index is 2.67. The largest absolute Gasteiger partial charge is 0.482 e. The quantitative estimate of drug-likeness (QED) is 0.798. The molecule has 8 heteroatoms. The van der Waals surface area contributed by atoms with Crippen molar-refractivity contribution in [1.82, 2.24) is 4.90 Å². The van der Waals surface area contributed by atoms with Crippen molar-refractivity contribution in [2.24, 2.45) is 0 Å². The van der Waals surface area contributed by atoms with Crippen LogP contribution in [0.3, 0.4) is 0 Å². The third kappa shape index (κ3) is 4.42. The summed E-state index contributed by atoms with van der Waals surface area (Å²) in [5.74, 6) is -1.96. The summed E-state index contributed by atoms with van der Waals surface area (Å²) in [4.78, 5) is 11.8. The maximum Gasteiger partial charge on any atom is 0.406 e. The van der Waals surface area contributed by atoms with Gasteiger partial charge in [0.2, 0.25) is 0 Å². The van der Waals surface area contributed by atoms with Crippen LogP contribution in [0.2, 0.25) is 0 Å². The Bertz CT molecular complexity index is 537. The van der Waals surface area contributed by atoms with Gasteiger partial charge in [0.1, 0.15) is 29.7 Å². The Kier molecular flexibility index (Phi) is 4.91. The predicted molar refractivity (Wildman–Crippen MR) is 60.3 cm³/mol. The Morgan fingerprint density at radius 2 is 2.10 bits per heavy atom. The second-order valence-corrected chi connectivity index (χ2v) is 3.88. The maximum atomic E-state index is 13.2. The van der Waals surface area contributed by atoms with Crippen molar-refractivity contribution < 1.29 is 27.1 Å². The first-order valence-corrected chi connectivity index (χ1v) is 5.36. The molecule has 20 heavy (non-hydrogen) atoms. The number of nitriles is 1. The highest BCUT2D eigenvalue weighted by Gasteiger charge is 2.31. The van der Waals surface area contributed by atoms with Crippen LogP contribution in [0, 0.1) is 17.1 Å². The summed E-state index contributed by atoms with van der Waals surface area (Å²) < 4.78 is 54.3. The minimum atomic E-state index is -4.51. The zero-order valence-corrected chi connectivity index (χ0v) is 10.4. The summed E-state index contributed by atoms with van der Waals surface area (Å²) in [5.41, 5.74) is -0.404. The number of carbonyl (C=O) groups excluding carboxylic acids is 1. The summed E-state index contributed by atoms with van der Waals surface area (Å²) in [5, 5.41) is 8.71. The highest BCUT2D eigenvalue weighted by Crippen LogP contribution is 2.20. The first kappa shape index (κ1) is 15.8. The van der Waals surface area contributed by atoms with Gasteiger partial charge in [-0.1, -0.05) is 6.07 Å². The molecule has 0 saturated heterocycles. The lowest BCUT2D eigenvalue weighted by atomic mass is 10.2. The molecule has 0 aliphatic carbocycles. The van der Waals surface area contributed by atoms with E-state index in [-0.39, 0.29) is 5.75 Å². The van der Waals surface area contributed by atoms with Gasteiger partial charge in [-0.25, -0.2) is 4.39 Å². The number of nitrogens with zero attached hydrogens (tertiary/aromatic N) is 2. The third-order valence-electron chi connectivity index (χ3n) is 2.28. The van der Waals surface area contributed by atoms with Crippen molar-refractivity contribution in [2.75, 3.05) is 20.2 Å². The SMILES string of the molecule is CN(CC(F)(F)F)C(=O)COc1cccc(F)c1C#N. The second-order valence-electron chi connectivity index (χ2n) is 3.88. The Labute approximate surface area is 112 Å². The van der Waals surface area contributed by atoms with Gasteiger partial charge in [0.15, 0.2) is 6.61 Å². The van der Waals surface area contributed by atoms with E-state index in [9.17, 15) is 22.4 Å². The molecule has 0 fully saturated rings. The van der Waals surface area contributed by atoms with E-state index in [4.69, 9.17) is 10.00 Å². The van der Waals surface area contributed by atoms with Crippen LogP contribution in [0.4, 0.5) is 17.6 Å². The molecular formula is C12H10F4N2O2. The fourth-order valence-corrected chi connectivity index (χ4v) is 1.34. The molecule has 0 N–H and O–H groups in total. The lowest BCUT2D eigenvalue weighted by Gasteiger charge is -2.19. The van der Waals surface area contributed by atoms with E-state index in [0.717, 1.165) is 13.1 Å². The third-order valence-corrected chi connectivity index (χ3v) is 2.28. The van der Waals surface area contributed by atoms with Crippen molar-refractivity contribution in [1.29, 1.82) is 5.26 Å². The number of carbonyl (C=O) groups is 1. The Morgan fingerprint density at radius 3 is 2.65 bits per heavy atom. The van der Waals surface area contributed by atoms with Crippen molar-refractivity contribution in [3.8, 4) is 11.8 Å². The van der Waals surface area contributed by atoms with Crippen LogP contribution in [-0.4, -0.2) is 37.2 Å². The minimum absolute atomic E-state index is 0.193. The maximum absolute atomic E-state index is 13.2. The van der Waals surface area contributed by atoms with E-state index >= 15 is 0 Å². The zero-order chi connectivity index (χ0) is 15.3. The molecule has 1 rings (SSSR count). The van der Waals surface area contributed by atoms with Gasteiger partial charge in [0.05, 0.1) is 0 Å². The van der Waals surface area contributed by atoms with Gasteiger partial charge in [0, 0.05) is 7.05 Å². The number of ether oxygens (including phenoxy) is 1. The van der Waals surface area contributed by atoms with Gasteiger partial charge in [-0.15, -0.1) is 0 Å². The molecule has 0 atom stereocenters. The summed E-state index contributed by atoms with van der Waals surface area (Å²) in [6, 6.07) is 5.09. The van der Waals surface area contributed by atoms with E-state index in [1.54, 1.807) is 6.07 Å². The molecule has 0 aliphatic rings. The molecule has 1 aromatic rings.